The molecule has 5 atom stereocenters. The summed E-state index contributed by atoms with van der Waals surface area (Å²) in [6.07, 6.45) is -7.87. The van der Waals surface area contributed by atoms with Crippen LogP contribution in [0.1, 0.15) is 27.3 Å². The number of aliphatic hydroxyl groups is 3. The summed E-state index contributed by atoms with van der Waals surface area (Å²) in [4.78, 5) is 37.7. The van der Waals surface area contributed by atoms with Gasteiger partial charge in [0.2, 0.25) is 12.1 Å². The highest BCUT2D eigenvalue weighted by Gasteiger charge is 2.49. The van der Waals surface area contributed by atoms with Crippen LogP contribution in [0, 0.1) is 6.92 Å². The first-order valence-electron chi connectivity index (χ1n) is 10.7. The highest BCUT2D eigenvalue weighted by atomic mass is 35.5. The second-order valence-corrected chi connectivity index (χ2v) is 8.48. The Morgan fingerprint density at radius 3 is 2.43 bits per heavy atom. The molecule has 0 spiro atoms. The van der Waals surface area contributed by atoms with Crippen molar-refractivity contribution in [1.82, 2.24) is 4.57 Å². The Morgan fingerprint density at radius 2 is 1.80 bits per heavy atom. The van der Waals surface area contributed by atoms with Crippen molar-refractivity contribution in [2.24, 2.45) is 7.05 Å². The maximum absolute atomic E-state index is 13.0. The van der Waals surface area contributed by atoms with Gasteiger partial charge in [0, 0.05) is 23.3 Å². The number of benzene rings is 1. The fourth-order valence-corrected chi connectivity index (χ4v) is 3.87. The zero-order chi connectivity index (χ0) is 25.9. The predicted molar refractivity (Wildman–Crippen MR) is 123 cm³/mol. The normalized spacial score (nSPS) is 24.0. The van der Waals surface area contributed by atoms with Crippen molar-refractivity contribution in [1.29, 1.82) is 0 Å². The fourth-order valence-electron chi connectivity index (χ4n) is 3.74. The number of halogens is 1. The smallest absolute Gasteiger partial charge is 0.338 e. The molecule has 2 heterocycles. The van der Waals surface area contributed by atoms with E-state index in [2.05, 4.69) is 6.58 Å². The number of nitrogens with zero attached hydrogens (tertiary/aromatic N) is 1. The number of aliphatic hydroxyl groups excluding tert-OH is 3. The minimum Gasteiger partial charge on any atom is -0.459 e. The quantitative estimate of drug-likeness (QED) is 0.269. The molecule has 188 valence electrons. The summed E-state index contributed by atoms with van der Waals surface area (Å²) in [6.45, 7) is 4.95. The molecule has 0 unspecified atom stereocenters. The van der Waals surface area contributed by atoms with E-state index in [1.165, 1.54) is 6.08 Å². The molecule has 1 saturated heterocycles. The van der Waals surface area contributed by atoms with Crippen molar-refractivity contribution in [2.75, 3.05) is 6.61 Å². The number of aryl methyl sites for hydroxylation is 1. The standard InChI is InChI=1S/C24H26ClNO9/c1-4-9-33-23(32)22-20(30)19(29)21(31)24(35-22)34-16(27)11-15-10-12(2)17(26(15)3)18(28)13-5-7-14(25)8-6-13/h4-8,10,19-22,24,29-31H,1,9,11H2,2-3H3/t19-,20-,21+,22-,24+/m0/s1. The van der Waals surface area contributed by atoms with Gasteiger partial charge in [-0.25, -0.2) is 4.79 Å². The molecule has 1 fully saturated rings. The zero-order valence-corrected chi connectivity index (χ0v) is 19.8. The van der Waals surface area contributed by atoms with E-state index in [9.17, 15) is 29.7 Å². The van der Waals surface area contributed by atoms with E-state index >= 15 is 0 Å². The molecule has 1 aromatic heterocycles. The largest absolute Gasteiger partial charge is 0.459 e. The van der Waals surface area contributed by atoms with E-state index in [1.54, 1.807) is 48.9 Å². The van der Waals surface area contributed by atoms with E-state index in [0.717, 1.165) is 0 Å². The van der Waals surface area contributed by atoms with Gasteiger partial charge in [0.15, 0.2) is 6.10 Å². The van der Waals surface area contributed by atoms with Crippen LogP contribution in [-0.4, -0.2) is 74.9 Å². The highest BCUT2D eigenvalue weighted by molar-refractivity contribution is 6.30. The van der Waals surface area contributed by atoms with Crippen LogP contribution in [0.2, 0.25) is 5.02 Å². The lowest BCUT2D eigenvalue weighted by molar-refractivity contribution is -0.287. The molecule has 3 N–H and O–H groups in total. The summed E-state index contributed by atoms with van der Waals surface area (Å²) in [7, 11) is 1.62. The van der Waals surface area contributed by atoms with Crippen molar-refractivity contribution in [3.63, 3.8) is 0 Å². The Labute approximate surface area is 206 Å². The summed E-state index contributed by atoms with van der Waals surface area (Å²) in [5.74, 6) is -2.14. The number of ketones is 1. The minimum atomic E-state index is -1.83. The van der Waals surface area contributed by atoms with E-state index in [-0.39, 0.29) is 18.8 Å². The van der Waals surface area contributed by atoms with Crippen LogP contribution in [0.15, 0.2) is 43.0 Å². The van der Waals surface area contributed by atoms with Gasteiger partial charge in [0.05, 0.1) is 12.1 Å². The Balaban J connectivity index is 1.72. The summed E-state index contributed by atoms with van der Waals surface area (Å²) in [6, 6.07) is 8.06. The lowest BCUT2D eigenvalue weighted by Gasteiger charge is -2.38. The molecule has 1 aromatic carbocycles. The molecule has 0 saturated carbocycles. The summed E-state index contributed by atoms with van der Waals surface area (Å²) >= 11 is 5.89. The van der Waals surface area contributed by atoms with Crippen molar-refractivity contribution in [3.8, 4) is 0 Å². The highest BCUT2D eigenvalue weighted by Crippen LogP contribution is 2.25. The van der Waals surface area contributed by atoms with Gasteiger partial charge in [-0.3, -0.25) is 9.59 Å². The Kier molecular flexibility index (Phi) is 8.47. The third kappa shape index (κ3) is 5.80. The van der Waals surface area contributed by atoms with Crippen LogP contribution in [0.5, 0.6) is 0 Å². The average molecular weight is 508 g/mol. The summed E-state index contributed by atoms with van der Waals surface area (Å²) < 4.78 is 16.7. The molecule has 1 aliphatic heterocycles. The number of aromatic nitrogens is 1. The SMILES string of the molecule is C=CCOC(=O)[C@H]1O[C@@H](OC(=O)Cc2cc(C)c(C(=O)c3ccc(Cl)cc3)n2C)[C@H](O)[C@@H](O)[C@@H]1O. The Morgan fingerprint density at radius 1 is 1.14 bits per heavy atom. The zero-order valence-electron chi connectivity index (χ0n) is 19.1. The number of carbonyl (C=O) groups is 3. The molecule has 35 heavy (non-hydrogen) atoms. The summed E-state index contributed by atoms with van der Waals surface area (Å²) in [5, 5.41) is 30.8. The third-order valence-corrected chi connectivity index (χ3v) is 5.81. The number of rotatable bonds is 8. The second-order valence-electron chi connectivity index (χ2n) is 8.04. The third-order valence-electron chi connectivity index (χ3n) is 5.56. The second kappa shape index (κ2) is 11.1. The van der Waals surface area contributed by atoms with Crippen LogP contribution in [-0.2, 0) is 37.3 Å². The molecule has 0 bridgehead atoms. The molecule has 2 aromatic rings. The number of hydrogen-bond donors (Lipinski definition) is 3. The minimum absolute atomic E-state index is 0.168. The number of hydrogen-bond acceptors (Lipinski definition) is 9. The van der Waals surface area contributed by atoms with Crippen molar-refractivity contribution < 1.29 is 43.9 Å². The molecular formula is C24H26ClNO9. The maximum Gasteiger partial charge on any atom is 0.338 e. The van der Waals surface area contributed by atoms with Gasteiger partial charge in [0.1, 0.15) is 24.9 Å². The van der Waals surface area contributed by atoms with Crippen molar-refractivity contribution >= 4 is 29.3 Å². The van der Waals surface area contributed by atoms with Crippen LogP contribution in [0.3, 0.4) is 0 Å². The monoisotopic (exact) mass is 507 g/mol. The first-order valence-corrected chi connectivity index (χ1v) is 11.0. The van der Waals surface area contributed by atoms with Crippen LogP contribution >= 0.6 is 11.6 Å². The molecular weight excluding hydrogens is 482 g/mol. The van der Waals surface area contributed by atoms with E-state index < -0.39 is 42.6 Å². The van der Waals surface area contributed by atoms with Crippen molar-refractivity contribution in [3.05, 3.63) is 70.5 Å². The van der Waals surface area contributed by atoms with Gasteiger partial charge >= 0.3 is 11.9 Å². The van der Waals surface area contributed by atoms with Gasteiger partial charge < -0.3 is 34.1 Å². The fraction of sp³-hybridized carbons (Fsp3) is 0.375. The Bertz CT molecular complexity index is 1110. The number of esters is 2. The molecule has 0 aliphatic carbocycles. The first-order chi connectivity index (χ1) is 16.5. The van der Waals surface area contributed by atoms with Gasteiger partial charge in [-0.1, -0.05) is 24.3 Å². The van der Waals surface area contributed by atoms with E-state index in [0.29, 0.717) is 27.5 Å². The molecule has 10 nitrogen and oxygen atoms in total. The van der Waals surface area contributed by atoms with Crippen LogP contribution < -0.4 is 0 Å². The molecule has 0 amide bonds. The van der Waals surface area contributed by atoms with E-state index in [4.69, 9.17) is 25.8 Å². The van der Waals surface area contributed by atoms with Crippen molar-refractivity contribution in [2.45, 2.75) is 44.1 Å². The van der Waals surface area contributed by atoms with Crippen LogP contribution in [0.4, 0.5) is 0 Å². The average Bonchev–Trinajstić information content (AvgIpc) is 3.10. The number of ether oxygens (including phenoxy) is 3. The lowest BCUT2D eigenvalue weighted by atomic mass is 9.99. The molecule has 1 aliphatic rings. The predicted octanol–water partition coefficient (Wildman–Crippen LogP) is 0.840. The molecule has 3 rings (SSSR count). The topological polar surface area (TPSA) is 145 Å². The van der Waals surface area contributed by atoms with Gasteiger partial charge in [0.25, 0.3) is 0 Å². The molecule has 11 heteroatoms. The van der Waals surface area contributed by atoms with Gasteiger partial charge in [-0.2, -0.15) is 0 Å². The molecule has 0 radical (unpaired) electrons. The first kappa shape index (κ1) is 26.6. The van der Waals surface area contributed by atoms with Crippen LogP contribution in [0.25, 0.3) is 0 Å². The van der Waals surface area contributed by atoms with Gasteiger partial charge in [-0.05, 0) is 42.8 Å². The number of carbonyl (C=O) groups excluding carboxylic acids is 3. The maximum atomic E-state index is 13.0. The lowest BCUT2D eigenvalue weighted by Crippen LogP contribution is -2.61. The van der Waals surface area contributed by atoms with E-state index in [1.807, 2.05) is 0 Å². The summed E-state index contributed by atoms with van der Waals surface area (Å²) in [5.41, 5.74) is 1.87. The van der Waals surface area contributed by atoms with Gasteiger partial charge in [-0.15, -0.1) is 0 Å². The Hall–Kier alpha value is -3.02.